The van der Waals surface area contributed by atoms with Crippen LogP contribution in [0.3, 0.4) is 0 Å². The van der Waals surface area contributed by atoms with Crippen LogP contribution in [0.1, 0.15) is 50.8 Å². The van der Waals surface area contributed by atoms with Gasteiger partial charge in [0.1, 0.15) is 5.76 Å². The second kappa shape index (κ2) is 8.39. The van der Waals surface area contributed by atoms with E-state index < -0.39 is 0 Å². The minimum Gasteiger partial charge on any atom is -0.468 e. The lowest BCUT2D eigenvalue weighted by atomic mass is 10.1. The van der Waals surface area contributed by atoms with Gasteiger partial charge in [0.15, 0.2) is 5.96 Å². The minimum atomic E-state index is 0.265. The molecule has 1 aromatic rings. The van der Waals surface area contributed by atoms with Crippen LogP contribution in [0.5, 0.6) is 0 Å². The van der Waals surface area contributed by atoms with E-state index in [1.54, 1.807) is 6.26 Å². The van der Waals surface area contributed by atoms with Crippen LogP contribution in [0.4, 0.5) is 0 Å². The summed E-state index contributed by atoms with van der Waals surface area (Å²) in [6, 6.07) is 4.35. The summed E-state index contributed by atoms with van der Waals surface area (Å²) >= 11 is 0. The Labute approximate surface area is 139 Å². The van der Waals surface area contributed by atoms with Crippen molar-refractivity contribution in [1.82, 2.24) is 15.1 Å². The third kappa shape index (κ3) is 4.28. The number of likely N-dealkylation sites (tertiary alicyclic amines) is 2. The first-order valence-electron chi connectivity index (χ1n) is 9.19. The van der Waals surface area contributed by atoms with Crippen LogP contribution in [0, 0.1) is 0 Å². The van der Waals surface area contributed by atoms with E-state index in [2.05, 4.69) is 28.1 Å². The fourth-order valence-corrected chi connectivity index (χ4v) is 3.62. The second-order valence-corrected chi connectivity index (χ2v) is 6.52. The van der Waals surface area contributed by atoms with Crippen molar-refractivity contribution < 1.29 is 4.42 Å². The summed E-state index contributed by atoms with van der Waals surface area (Å²) in [6.45, 7) is 8.39. The predicted molar refractivity (Wildman–Crippen MR) is 93.7 cm³/mol. The van der Waals surface area contributed by atoms with E-state index in [1.807, 2.05) is 6.07 Å². The van der Waals surface area contributed by atoms with Crippen LogP contribution >= 0.6 is 0 Å². The van der Waals surface area contributed by atoms with Crippen molar-refractivity contribution in [2.45, 2.75) is 45.1 Å². The smallest absolute Gasteiger partial charge is 0.193 e. The van der Waals surface area contributed by atoms with E-state index >= 15 is 0 Å². The molecule has 5 heteroatoms. The van der Waals surface area contributed by atoms with Gasteiger partial charge in [-0.3, -0.25) is 9.89 Å². The summed E-state index contributed by atoms with van der Waals surface area (Å²) in [5.41, 5.74) is 0. The number of furan rings is 1. The lowest BCUT2D eigenvalue weighted by Crippen LogP contribution is -2.41. The molecule has 0 aliphatic carbocycles. The van der Waals surface area contributed by atoms with E-state index in [1.165, 1.54) is 32.1 Å². The first-order valence-corrected chi connectivity index (χ1v) is 9.19. The zero-order chi connectivity index (χ0) is 15.9. The number of nitrogens with zero attached hydrogens (tertiary/aromatic N) is 3. The molecule has 1 aromatic heterocycles. The Balaban J connectivity index is 1.72. The van der Waals surface area contributed by atoms with Gasteiger partial charge in [-0.2, -0.15) is 0 Å². The van der Waals surface area contributed by atoms with Crippen LogP contribution in [0.25, 0.3) is 0 Å². The normalized spacial score (nSPS) is 21.6. The third-order valence-corrected chi connectivity index (χ3v) is 4.86. The molecule has 23 heavy (non-hydrogen) atoms. The lowest BCUT2D eigenvalue weighted by Gasteiger charge is -2.33. The molecule has 3 rings (SSSR count). The maximum Gasteiger partial charge on any atom is 0.193 e. The third-order valence-electron chi connectivity index (χ3n) is 4.86. The summed E-state index contributed by atoms with van der Waals surface area (Å²) in [5, 5.41) is 3.45. The number of hydrogen-bond acceptors (Lipinski definition) is 3. The highest BCUT2D eigenvalue weighted by Crippen LogP contribution is 2.25. The summed E-state index contributed by atoms with van der Waals surface area (Å²) < 4.78 is 5.72. The maximum atomic E-state index is 5.72. The Hall–Kier alpha value is -1.49. The van der Waals surface area contributed by atoms with Gasteiger partial charge >= 0.3 is 0 Å². The molecule has 128 valence electrons. The van der Waals surface area contributed by atoms with Crippen LogP contribution in [-0.2, 0) is 0 Å². The Kier molecular flexibility index (Phi) is 5.97. The van der Waals surface area contributed by atoms with Gasteiger partial charge in [0, 0.05) is 19.6 Å². The molecule has 3 heterocycles. The molecule has 0 bridgehead atoms. The first-order chi connectivity index (χ1) is 11.4. The van der Waals surface area contributed by atoms with Crippen molar-refractivity contribution >= 4 is 5.96 Å². The van der Waals surface area contributed by atoms with Crippen molar-refractivity contribution in [1.29, 1.82) is 0 Å². The zero-order valence-electron chi connectivity index (χ0n) is 14.3. The van der Waals surface area contributed by atoms with Gasteiger partial charge in [-0.15, -0.1) is 0 Å². The molecule has 5 nitrogen and oxygen atoms in total. The largest absolute Gasteiger partial charge is 0.468 e. The molecule has 0 saturated carbocycles. The highest BCUT2D eigenvalue weighted by molar-refractivity contribution is 5.80. The van der Waals surface area contributed by atoms with Crippen LogP contribution in [-0.4, -0.2) is 55.0 Å². The van der Waals surface area contributed by atoms with Crippen LogP contribution in [0.15, 0.2) is 27.8 Å². The molecule has 0 amide bonds. The van der Waals surface area contributed by atoms with Crippen molar-refractivity contribution in [2.24, 2.45) is 4.99 Å². The molecular weight excluding hydrogens is 288 g/mol. The molecule has 1 unspecified atom stereocenters. The van der Waals surface area contributed by atoms with Crippen LogP contribution < -0.4 is 5.32 Å². The molecule has 0 spiro atoms. The van der Waals surface area contributed by atoms with Gasteiger partial charge in [0.2, 0.25) is 0 Å². The van der Waals surface area contributed by atoms with E-state index in [4.69, 9.17) is 9.41 Å². The zero-order valence-corrected chi connectivity index (χ0v) is 14.3. The summed E-state index contributed by atoms with van der Waals surface area (Å²) in [5.74, 6) is 2.12. The lowest BCUT2D eigenvalue weighted by molar-refractivity contribution is 0.150. The minimum absolute atomic E-state index is 0.265. The average molecular weight is 318 g/mol. The SMILES string of the molecule is CCNC(=NCC(c1ccco1)N1CCCCC1)N1CCCC1. The Bertz CT molecular complexity index is 473. The van der Waals surface area contributed by atoms with Gasteiger partial charge in [-0.25, -0.2) is 0 Å². The van der Waals surface area contributed by atoms with E-state index in [0.29, 0.717) is 0 Å². The predicted octanol–water partition coefficient (Wildman–Crippen LogP) is 2.87. The molecule has 2 saturated heterocycles. The van der Waals surface area contributed by atoms with Gasteiger partial charge < -0.3 is 14.6 Å². The van der Waals surface area contributed by atoms with Gasteiger partial charge in [0.05, 0.1) is 18.8 Å². The molecule has 0 radical (unpaired) electrons. The van der Waals surface area contributed by atoms with Gasteiger partial charge in [0.25, 0.3) is 0 Å². The number of guanidine groups is 1. The number of aliphatic imine (C=N–C) groups is 1. The highest BCUT2D eigenvalue weighted by Gasteiger charge is 2.25. The van der Waals surface area contributed by atoms with Crippen molar-refractivity contribution in [3.63, 3.8) is 0 Å². The van der Waals surface area contributed by atoms with Crippen LogP contribution in [0.2, 0.25) is 0 Å². The topological polar surface area (TPSA) is 44.0 Å². The molecule has 0 aromatic carbocycles. The van der Waals surface area contributed by atoms with Crippen molar-refractivity contribution in [2.75, 3.05) is 39.3 Å². The molecule has 1 atom stereocenters. The highest BCUT2D eigenvalue weighted by atomic mass is 16.3. The first kappa shape index (κ1) is 16.4. The molecule has 2 aliphatic rings. The van der Waals surface area contributed by atoms with E-state index in [-0.39, 0.29) is 6.04 Å². The monoisotopic (exact) mass is 318 g/mol. The molecule has 2 fully saturated rings. The fraction of sp³-hybridized carbons (Fsp3) is 0.722. The quantitative estimate of drug-likeness (QED) is 0.670. The standard InChI is InChI=1S/C18H30N4O/c1-2-19-18(22-12-6-7-13-22)20-15-16(17-9-8-14-23-17)21-10-4-3-5-11-21/h8-9,14,16H,2-7,10-13,15H2,1H3,(H,19,20). The molecular formula is C18H30N4O. The number of piperidine rings is 1. The number of rotatable bonds is 5. The maximum absolute atomic E-state index is 5.72. The molecule has 1 N–H and O–H groups in total. The van der Waals surface area contributed by atoms with E-state index in [9.17, 15) is 0 Å². The number of hydrogen-bond donors (Lipinski definition) is 1. The second-order valence-electron chi connectivity index (χ2n) is 6.52. The van der Waals surface area contributed by atoms with E-state index in [0.717, 1.165) is 51.0 Å². The van der Waals surface area contributed by atoms with Crippen molar-refractivity contribution in [3.05, 3.63) is 24.2 Å². The summed E-state index contributed by atoms with van der Waals surface area (Å²) in [4.78, 5) is 9.89. The average Bonchev–Trinajstić information content (AvgIpc) is 3.29. The number of nitrogens with one attached hydrogen (secondary N) is 1. The Morgan fingerprint density at radius 2 is 1.91 bits per heavy atom. The summed E-state index contributed by atoms with van der Waals surface area (Å²) in [7, 11) is 0. The van der Waals surface area contributed by atoms with Gasteiger partial charge in [-0.1, -0.05) is 6.42 Å². The van der Waals surface area contributed by atoms with Gasteiger partial charge in [-0.05, 0) is 57.8 Å². The Morgan fingerprint density at radius 3 is 2.57 bits per heavy atom. The summed E-state index contributed by atoms with van der Waals surface area (Å²) in [6.07, 6.45) is 8.25. The van der Waals surface area contributed by atoms with Crippen molar-refractivity contribution in [3.8, 4) is 0 Å². The fourth-order valence-electron chi connectivity index (χ4n) is 3.62. The molecule has 2 aliphatic heterocycles. The Morgan fingerprint density at radius 1 is 1.17 bits per heavy atom.